The minimum Gasteiger partial charge on any atom is -0.480 e. The number of hydrogen-bond donors (Lipinski definition) is 3. The van der Waals surface area contributed by atoms with Crippen LogP contribution in [0.2, 0.25) is 0 Å². The summed E-state index contributed by atoms with van der Waals surface area (Å²) in [5.74, 6) is 0.768. The molecular formula is C13H20N2O5. The van der Waals surface area contributed by atoms with Crippen LogP contribution in [0.1, 0.15) is 32.1 Å². The van der Waals surface area contributed by atoms with E-state index in [4.69, 9.17) is 11.5 Å². The number of terminal acetylenes is 1. The van der Waals surface area contributed by atoms with Gasteiger partial charge in [0.1, 0.15) is 6.04 Å². The molecule has 0 aliphatic heterocycles. The first-order chi connectivity index (χ1) is 9.51. The molecule has 112 valence electrons. The first-order valence-corrected chi connectivity index (χ1v) is 6.28. The fourth-order valence-corrected chi connectivity index (χ4v) is 1.38. The molecule has 0 aromatic carbocycles. The van der Waals surface area contributed by atoms with Gasteiger partial charge in [0.25, 0.3) is 0 Å². The number of methoxy groups -OCH3 is 1. The molecule has 0 aromatic heterocycles. The van der Waals surface area contributed by atoms with Gasteiger partial charge in [0.15, 0.2) is 0 Å². The van der Waals surface area contributed by atoms with Crippen molar-refractivity contribution >= 4 is 18.0 Å². The van der Waals surface area contributed by atoms with Crippen molar-refractivity contribution < 1.29 is 24.2 Å². The van der Waals surface area contributed by atoms with E-state index in [9.17, 15) is 14.4 Å². The van der Waals surface area contributed by atoms with E-state index in [1.165, 1.54) is 7.11 Å². The Bertz CT molecular complexity index is 375. The number of nitrogens with one attached hydrogen (secondary N) is 2. The summed E-state index contributed by atoms with van der Waals surface area (Å²) in [4.78, 5) is 33.3. The van der Waals surface area contributed by atoms with Gasteiger partial charge in [-0.05, 0) is 19.3 Å². The van der Waals surface area contributed by atoms with Crippen LogP contribution < -0.4 is 10.6 Å². The molecule has 0 fully saturated rings. The highest BCUT2D eigenvalue weighted by Crippen LogP contribution is 1.99. The molecule has 0 heterocycles. The molecule has 0 aliphatic rings. The molecule has 0 saturated heterocycles. The van der Waals surface area contributed by atoms with E-state index in [1.54, 1.807) is 0 Å². The highest BCUT2D eigenvalue weighted by atomic mass is 16.5. The Morgan fingerprint density at radius 3 is 2.60 bits per heavy atom. The molecule has 0 bridgehead atoms. The minimum absolute atomic E-state index is 0.0213. The second-order valence-corrected chi connectivity index (χ2v) is 4.07. The predicted molar refractivity (Wildman–Crippen MR) is 71.9 cm³/mol. The van der Waals surface area contributed by atoms with Crippen molar-refractivity contribution in [2.24, 2.45) is 0 Å². The number of esters is 1. The van der Waals surface area contributed by atoms with E-state index in [0.717, 1.165) is 12.8 Å². The molecule has 0 aliphatic carbocycles. The topological polar surface area (TPSA) is 105 Å². The van der Waals surface area contributed by atoms with Gasteiger partial charge in [-0.25, -0.2) is 9.59 Å². The number of hydrogen-bond acceptors (Lipinski definition) is 4. The lowest BCUT2D eigenvalue weighted by Gasteiger charge is -2.14. The largest absolute Gasteiger partial charge is 0.480 e. The maximum Gasteiger partial charge on any atom is 0.326 e. The van der Waals surface area contributed by atoms with E-state index < -0.39 is 24.0 Å². The van der Waals surface area contributed by atoms with Gasteiger partial charge in [0, 0.05) is 19.4 Å². The second kappa shape index (κ2) is 10.7. The lowest BCUT2D eigenvalue weighted by Crippen LogP contribution is -2.46. The van der Waals surface area contributed by atoms with Crippen LogP contribution in [-0.4, -0.2) is 42.8 Å². The third kappa shape index (κ3) is 8.80. The first-order valence-electron chi connectivity index (χ1n) is 6.28. The number of amides is 2. The predicted octanol–water partition coefficient (Wildman–Crippen LogP) is 0.495. The van der Waals surface area contributed by atoms with Gasteiger partial charge in [0.2, 0.25) is 0 Å². The molecule has 7 nitrogen and oxygen atoms in total. The number of unbranched alkanes of at least 4 members (excludes halogenated alkanes) is 2. The van der Waals surface area contributed by atoms with Crippen molar-refractivity contribution in [3.8, 4) is 12.3 Å². The minimum atomic E-state index is -1.20. The molecule has 0 saturated carbocycles. The molecule has 20 heavy (non-hydrogen) atoms. The van der Waals surface area contributed by atoms with Crippen molar-refractivity contribution in [3.05, 3.63) is 0 Å². The zero-order chi connectivity index (χ0) is 15.4. The molecule has 2 amide bonds. The maximum atomic E-state index is 11.5. The average molecular weight is 284 g/mol. The standard InChI is InChI=1S/C13H20N2O5/c1-3-4-5-6-9-14-13(19)15-10(12(17)18)7-8-11(16)20-2/h1,10H,4-9H2,2H3,(H,17,18)(H2,14,15,19)/t10-/m1/s1. The van der Waals surface area contributed by atoms with Crippen LogP contribution in [0.3, 0.4) is 0 Å². The van der Waals surface area contributed by atoms with E-state index in [-0.39, 0.29) is 12.8 Å². The lowest BCUT2D eigenvalue weighted by atomic mass is 10.1. The van der Waals surface area contributed by atoms with Crippen LogP contribution in [0.25, 0.3) is 0 Å². The Hall–Kier alpha value is -2.23. The van der Waals surface area contributed by atoms with Gasteiger partial charge < -0.3 is 20.5 Å². The zero-order valence-corrected chi connectivity index (χ0v) is 11.5. The average Bonchev–Trinajstić information content (AvgIpc) is 2.42. The van der Waals surface area contributed by atoms with Gasteiger partial charge in [-0.2, -0.15) is 0 Å². The fraction of sp³-hybridized carbons (Fsp3) is 0.615. The number of aliphatic carboxylic acids is 1. The molecule has 0 aromatic rings. The SMILES string of the molecule is C#CCCCCNC(=O)N[C@H](CCC(=O)OC)C(=O)O. The van der Waals surface area contributed by atoms with Crippen LogP contribution in [0.15, 0.2) is 0 Å². The number of rotatable bonds is 9. The summed E-state index contributed by atoms with van der Waals surface area (Å²) in [7, 11) is 1.22. The number of carbonyl (C=O) groups excluding carboxylic acids is 2. The van der Waals surface area contributed by atoms with Gasteiger partial charge in [0.05, 0.1) is 7.11 Å². The van der Waals surface area contributed by atoms with Crippen molar-refractivity contribution in [1.29, 1.82) is 0 Å². The third-order valence-corrected chi connectivity index (χ3v) is 2.50. The molecule has 1 atom stereocenters. The number of urea groups is 1. The Kier molecular flexibility index (Phi) is 9.48. The molecule has 0 unspecified atom stereocenters. The number of ether oxygens (including phenoxy) is 1. The normalized spacial score (nSPS) is 11.0. The summed E-state index contributed by atoms with van der Waals surface area (Å²) < 4.78 is 4.41. The third-order valence-electron chi connectivity index (χ3n) is 2.50. The zero-order valence-electron chi connectivity index (χ0n) is 11.5. The van der Waals surface area contributed by atoms with E-state index in [2.05, 4.69) is 21.3 Å². The summed E-state index contributed by atoms with van der Waals surface area (Å²) in [6.45, 7) is 0.414. The fourth-order valence-electron chi connectivity index (χ4n) is 1.38. The maximum absolute atomic E-state index is 11.5. The number of carboxylic acid groups (broad SMARTS) is 1. The van der Waals surface area contributed by atoms with Gasteiger partial charge in [-0.3, -0.25) is 4.79 Å². The van der Waals surface area contributed by atoms with E-state index in [1.807, 2.05) is 0 Å². The van der Waals surface area contributed by atoms with Crippen molar-refractivity contribution in [2.75, 3.05) is 13.7 Å². The summed E-state index contributed by atoms with van der Waals surface area (Å²) in [6, 6.07) is -1.71. The van der Waals surface area contributed by atoms with Crippen molar-refractivity contribution in [1.82, 2.24) is 10.6 Å². The smallest absolute Gasteiger partial charge is 0.326 e. The summed E-state index contributed by atoms with van der Waals surface area (Å²) >= 11 is 0. The summed E-state index contributed by atoms with van der Waals surface area (Å²) in [5.41, 5.74) is 0. The van der Waals surface area contributed by atoms with Gasteiger partial charge >= 0.3 is 18.0 Å². The van der Waals surface area contributed by atoms with Crippen LogP contribution in [0.4, 0.5) is 4.79 Å². The molecule has 7 heteroatoms. The lowest BCUT2D eigenvalue weighted by molar-refractivity contribution is -0.142. The van der Waals surface area contributed by atoms with E-state index in [0.29, 0.717) is 13.0 Å². The van der Waals surface area contributed by atoms with Crippen LogP contribution in [0, 0.1) is 12.3 Å². The van der Waals surface area contributed by atoms with Gasteiger partial charge in [-0.15, -0.1) is 12.3 Å². The quantitative estimate of drug-likeness (QED) is 0.325. The highest BCUT2D eigenvalue weighted by Gasteiger charge is 2.20. The summed E-state index contributed by atoms with van der Waals surface area (Å²) in [6.07, 6.45) is 7.14. The molecular weight excluding hydrogens is 264 g/mol. The van der Waals surface area contributed by atoms with Crippen LogP contribution in [-0.2, 0) is 14.3 Å². The first kappa shape index (κ1) is 17.8. The molecule has 0 spiro atoms. The highest BCUT2D eigenvalue weighted by molar-refractivity contribution is 5.83. The van der Waals surface area contributed by atoms with Crippen LogP contribution >= 0.6 is 0 Å². The van der Waals surface area contributed by atoms with Crippen molar-refractivity contribution in [3.63, 3.8) is 0 Å². The molecule has 0 rings (SSSR count). The number of carbonyl (C=O) groups is 3. The second-order valence-electron chi connectivity index (χ2n) is 4.07. The Labute approximate surface area is 118 Å². The van der Waals surface area contributed by atoms with E-state index >= 15 is 0 Å². The Morgan fingerprint density at radius 2 is 2.05 bits per heavy atom. The van der Waals surface area contributed by atoms with Gasteiger partial charge in [-0.1, -0.05) is 0 Å². The molecule has 3 N–H and O–H groups in total. The van der Waals surface area contributed by atoms with Crippen molar-refractivity contribution in [2.45, 2.75) is 38.1 Å². The Balaban J connectivity index is 3.99. The summed E-state index contributed by atoms with van der Waals surface area (Å²) in [5, 5.41) is 13.8. The Morgan fingerprint density at radius 1 is 1.35 bits per heavy atom. The molecule has 0 radical (unpaired) electrons. The van der Waals surface area contributed by atoms with Crippen LogP contribution in [0.5, 0.6) is 0 Å². The number of carboxylic acids is 1. The monoisotopic (exact) mass is 284 g/mol.